The highest BCUT2D eigenvalue weighted by Gasteiger charge is 2.20. The van der Waals surface area contributed by atoms with E-state index in [4.69, 9.17) is 14.2 Å². The molecule has 0 aliphatic rings. The SMILES string of the molecule is CCC(Sc1cccc(NC(=O)c2c(OC)cccc2OC)c1)C(=O)Nc1ccc(Oc2ccccc2)cc1. The second-order valence-electron chi connectivity index (χ2n) is 8.46. The molecule has 0 saturated carbocycles. The third-order valence-electron chi connectivity index (χ3n) is 5.79. The average molecular weight is 543 g/mol. The van der Waals surface area contributed by atoms with Crippen molar-refractivity contribution in [2.45, 2.75) is 23.5 Å². The Kier molecular flexibility index (Phi) is 9.48. The van der Waals surface area contributed by atoms with Gasteiger partial charge in [0.05, 0.1) is 19.5 Å². The minimum atomic E-state index is -0.351. The van der Waals surface area contributed by atoms with Crippen molar-refractivity contribution in [2.75, 3.05) is 24.9 Å². The molecule has 39 heavy (non-hydrogen) atoms. The van der Waals surface area contributed by atoms with Crippen molar-refractivity contribution in [2.24, 2.45) is 0 Å². The average Bonchev–Trinajstić information content (AvgIpc) is 2.97. The Bertz CT molecular complexity index is 1390. The molecule has 0 aromatic heterocycles. The molecule has 0 heterocycles. The van der Waals surface area contributed by atoms with E-state index in [1.165, 1.54) is 26.0 Å². The fourth-order valence-corrected chi connectivity index (χ4v) is 4.87. The molecule has 4 rings (SSSR count). The molecule has 2 amide bonds. The maximum absolute atomic E-state index is 13.1. The van der Waals surface area contributed by atoms with Gasteiger partial charge >= 0.3 is 0 Å². The van der Waals surface area contributed by atoms with Gasteiger partial charge in [0.2, 0.25) is 5.91 Å². The topological polar surface area (TPSA) is 85.9 Å². The number of anilines is 2. The van der Waals surface area contributed by atoms with Crippen LogP contribution in [0.5, 0.6) is 23.0 Å². The Labute approximate surface area is 232 Å². The summed E-state index contributed by atoms with van der Waals surface area (Å²) in [6.45, 7) is 1.97. The second-order valence-corrected chi connectivity index (χ2v) is 9.74. The number of hydrogen-bond donors (Lipinski definition) is 2. The van der Waals surface area contributed by atoms with Gasteiger partial charge in [0, 0.05) is 16.3 Å². The van der Waals surface area contributed by atoms with Gasteiger partial charge in [0.1, 0.15) is 28.6 Å². The van der Waals surface area contributed by atoms with E-state index in [-0.39, 0.29) is 17.1 Å². The van der Waals surface area contributed by atoms with E-state index >= 15 is 0 Å². The van der Waals surface area contributed by atoms with E-state index in [0.29, 0.717) is 40.6 Å². The van der Waals surface area contributed by atoms with Gasteiger partial charge in [-0.1, -0.05) is 37.3 Å². The summed E-state index contributed by atoms with van der Waals surface area (Å²) in [6.07, 6.45) is 0.626. The lowest BCUT2D eigenvalue weighted by Crippen LogP contribution is -2.24. The van der Waals surface area contributed by atoms with Crippen LogP contribution in [0.3, 0.4) is 0 Å². The molecular weight excluding hydrogens is 512 g/mol. The number of thioether (sulfide) groups is 1. The number of para-hydroxylation sites is 1. The molecule has 0 radical (unpaired) electrons. The largest absolute Gasteiger partial charge is 0.496 e. The van der Waals surface area contributed by atoms with Crippen LogP contribution in [-0.4, -0.2) is 31.3 Å². The van der Waals surface area contributed by atoms with Gasteiger partial charge < -0.3 is 24.8 Å². The van der Waals surface area contributed by atoms with Crippen molar-refractivity contribution in [3.05, 3.63) is 103 Å². The molecule has 4 aromatic carbocycles. The zero-order valence-electron chi connectivity index (χ0n) is 22.0. The van der Waals surface area contributed by atoms with Crippen LogP contribution in [-0.2, 0) is 4.79 Å². The summed E-state index contributed by atoms with van der Waals surface area (Å²) in [4.78, 5) is 27.0. The maximum atomic E-state index is 13.1. The minimum absolute atomic E-state index is 0.104. The number of benzene rings is 4. The fourth-order valence-electron chi connectivity index (χ4n) is 3.86. The van der Waals surface area contributed by atoms with Crippen molar-refractivity contribution in [1.29, 1.82) is 0 Å². The summed E-state index contributed by atoms with van der Waals surface area (Å²) in [6, 6.07) is 29.3. The number of carbonyl (C=O) groups excluding carboxylic acids is 2. The summed E-state index contributed by atoms with van der Waals surface area (Å²) < 4.78 is 16.5. The predicted octanol–water partition coefficient (Wildman–Crippen LogP) is 7.26. The predicted molar refractivity (Wildman–Crippen MR) is 155 cm³/mol. The number of carbonyl (C=O) groups is 2. The lowest BCUT2D eigenvalue weighted by atomic mass is 10.1. The van der Waals surface area contributed by atoms with E-state index in [2.05, 4.69) is 10.6 Å². The molecule has 8 heteroatoms. The number of hydrogen-bond acceptors (Lipinski definition) is 6. The van der Waals surface area contributed by atoms with Crippen molar-refractivity contribution in [1.82, 2.24) is 0 Å². The third kappa shape index (κ3) is 7.33. The van der Waals surface area contributed by atoms with Crippen molar-refractivity contribution in [3.8, 4) is 23.0 Å². The quantitative estimate of drug-likeness (QED) is 0.194. The van der Waals surface area contributed by atoms with Crippen molar-refractivity contribution in [3.63, 3.8) is 0 Å². The van der Waals surface area contributed by atoms with Gasteiger partial charge in [0.15, 0.2) is 0 Å². The molecular formula is C31H30N2O5S. The molecule has 200 valence electrons. The zero-order chi connectivity index (χ0) is 27.6. The monoisotopic (exact) mass is 542 g/mol. The third-order valence-corrected chi connectivity index (χ3v) is 7.15. The van der Waals surface area contributed by atoms with Crippen molar-refractivity contribution < 1.29 is 23.8 Å². The highest BCUT2D eigenvalue weighted by Crippen LogP contribution is 2.32. The number of rotatable bonds is 11. The van der Waals surface area contributed by atoms with Crippen LogP contribution < -0.4 is 24.8 Å². The zero-order valence-corrected chi connectivity index (χ0v) is 22.8. The van der Waals surface area contributed by atoms with Gasteiger partial charge in [-0.15, -0.1) is 11.8 Å². The first-order valence-corrected chi connectivity index (χ1v) is 13.3. The van der Waals surface area contributed by atoms with Gasteiger partial charge in [-0.3, -0.25) is 9.59 Å². The lowest BCUT2D eigenvalue weighted by molar-refractivity contribution is -0.115. The Balaban J connectivity index is 1.39. The smallest absolute Gasteiger partial charge is 0.263 e. The van der Waals surface area contributed by atoms with Gasteiger partial charge in [-0.05, 0) is 73.2 Å². The number of amides is 2. The molecule has 0 saturated heterocycles. The standard InChI is InChI=1S/C31H30N2O5S/c1-4-28(30(34)32-21-16-18-24(19-17-21)38-23-11-6-5-7-12-23)39-25-13-8-10-22(20-25)33-31(35)29-26(36-2)14-9-15-27(29)37-3/h5-20,28H,4H2,1-3H3,(H,32,34)(H,33,35). The first-order chi connectivity index (χ1) is 19.0. The van der Waals surface area contributed by atoms with Crippen LogP contribution in [0, 0.1) is 0 Å². The van der Waals surface area contributed by atoms with E-state index in [1.54, 1.807) is 24.3 Å². The molecule has 0 aliphatic heterocycles. The van der Waals surface area contributed by atoms with E-state index in [1.807, 2.05) is 79.7 Å². The van der Waals surface area contributed by atoms with Crippen LogP contribution in [0.1, 0.15) is 23.7 Å². The van der Waals surface area contributed by atoms with Crippen LogP contribution in [0.25, 0.3) is 0 Å². The molecule has 1 unspecified atom stereocenters. The normalized spacial score (nSPS) is 11.3. The minimum Gasteiger partial charge on any atom is -0.496 e. The summed E-state index contributed by atoms with van der Waals surface area (Å²) in [7, 11) is 3.01. The highest BCUT2D eigenvalue weighted by atomic mass is 32.2. The molecule has 0 spiro atoms. The van der Waals surface area contributed by atoms with E-state index in [0.717, 1.165) is 10.6 Å². The molecule has 0 bridgehead atoms. The Morgan fingerprint density at radius 2 is 1.38 bits per heavy atom. The number of methoxy groups -OCH3 is 2. The lowest BCUT2D eigenvalue weighted by Gasteiger charge is -2.16. The number of nitrogens with one attached hydrogen (secondary N) is 2. The first kappa shape index (κ1) is 27.6. The molecule has 0 fully saturated rings. The molecule has 2 N–H and O–H groups in total. The Morgan fingerprint density at radius 1 is 0.744 bits per heavy atom. The molecule has 4 aromatic rings. The highest BCUT2D eigenvalue weighted by molar-refractivity contribution is 8.00. The van der Waals surface area contributed by atoms with E-state index in [9.17, 15) is 9.59 Å². The van der Waals surface area contributed by atoms with Crippen LogP contribution in [0.2, 0.25) is 0 Å². The molecule has 7 nitrogen and oxygen atoms in total. The number of ether oxygens (including phenoxy) is 3. The fraction of sp³-hybridized carbons (Fsp3) is 0.161. The molecule has 0 aliphatic carbocycles. The summed E-state index contributed by atoms with van der Waals surface area (Å²) in [5.41, 5.74) is 1.60. The Morgan fingerprint density at radius 3 is 2.03 bits per heavy atom. The summed E-state index contributed by atoms with van der Waals surface area (Å²) >= 11 is 1.44. The van der Waals surface area contributed by atoms with E-state index < -0.39 is 0 Å². The summed E-state index contributed by atoms with van der Waals surface area (Å²) in [5, 5.41) is 5.56. The van der Waals surface area contributed by atoms with Crippen LogP contribution >= 0.6 is 11.8 Å². The van der Waals surface area contributed by atoms with Gasteiger partial charge in [0.25, 0.3) is 5.91 Å². The van der Waals surface area contributed by atoms with Crippen LogP contribution in [0.15, 0.2) is 102 Å². The van der Waals surface area contributed by atoms with Gasteiger partial charge in [-0.2, -0.15) is 0 Å². The summed E-state index contributed by atoms with van der Waals surface area (Å²) in [5.74, 6) is 1.81. The Hall–Kier alpha value is -4.43. The first-order valence-electron chi connectivity index (χ1n) is 12.4. The second kappa shape index (κ2) is 13.4. The van der Waals surface area contributed by atoms with Gasteiger partial charge in [-0.25, -0.2) is 0 Å². The van der Waals surface area contributed by atoms with Crippen molar-refractivity contribution >= 4 is 35.0 Å². The van der Waals surface area contributed by atoms with Crippen LogP contribution in [0.4, 0.5) is 11.4 Å². The molecule has 1 atom stereocenters. The maximum Gasteiger partial charge on any atom is 0.263 e.